The highest BCUT2D eigenvalue weighted by atomic mass is 31.2. The summed E-state index contributed by atoms with van der Waals surface area (Å²) in [6.45, 7) is 3.72. The molecule has 46 heavy (non-hydrogen) atoms. The number of nitrogens with zero attached hydrogens (tertiary/aromatic N) is 4. The van der Waals surface area contributed by atoms with Crippen LogP contribution >= 0.6 is 7.75 Å². The van der Waals surface area contributed by atoms with Crippen LogP contribution in [-0.4, -0.2) is 75.4 Å². The first-order valence-electron chi connectivity index (χ1n) is 15.1. The van der Waals surface area contributed by atoms with Crippen molar-refractivity contribution in [2.45, 2.75) is 69.8 Å². The maximum absolute atomic E-state index is 14.4. The van der Waals surface area contributed by atoms with Crippen molar-refractivity contribution in [3.8, 4) is 11.8 Å². The lowest BCUT2D eigenvalue weighted by atomic mass is 9.93. The Labute approximate surface area is 268 Å². The van der Waals surface area contributed by atoms with E-state index in [2.05, 4.69) is 15.2 Å². The second kappa shape index (κ2) is 17.3. The van der Waals surface area contributed by atoms with Crippen molar-refractivity contribution in [2.24, 2.45) is 11.7 Å². The summed E-state index contributed by atoms with van der Waals surface area (Å²) in [5.41, 5.74) is 9.72. The van der Waals surface area contributed by atoms with Gasteiger partial charge >= 0.3 is 13.7 Å². The maximum atomic E-state index is 14.4. The molecule has 252 valence electrons. The van der Waals surface area contributed by atoms with Crippen LogP contribution in [0.25, 0.3) is 5.52 Å². The van der Waals surface area contributed by atoms with Crippen LogP contribution in [0.5, 0.6) is 5.75 Å². The zero-order valence-corrected chi connectivity index (χ0v) is 27.2. The third kappa shape index (κ3) is 9.23. The standard InChI is InChI=1S/C30H44N7O8P/c1-4-21(5-2)17-43-29(40)23(13-9-10-16-31)36-46(41,45-22-11-7-6-8-12-22)44-19-30(18-32,42-3)27(39)26(38)24-14-15-25-28(33)34-20-35-37(24)25/h6-8,11-12,14-15,20-21,23,26-27,38-39H,4-5,9-10,13,16-17,19,31H2,1-3H3,(H,36,41)(H2,33,34,35)/t23-,26-,27-,30?,46?/m0/s1. The van der Waals surface area contributed by atoms with E-state index >= 15 is 0 Å². The molecule has 2 unspecified atom stereocenters. The van der Waals surface area contributed by atoms with Crippen molar-refractivity contribution >= 4 is 25.1 Å². The summed E-state index contributed by atoms with van der Waals surface area (Å²) in [5.74, 6) is -0.223. The third-order valence-corrected chi connectivity index (χ3v) is 9.27. The lowest BCUT2D eigenvalue weighted by molar-refractivity contribution is -0.147. The van der Waals surface area contributed by atoms with Crippen LogP contribution in [0.4, 0.5) is 5.82 Å². The van der Waals surface area contributed by atoms with Crippen LogP contribution in [0.2, 0.25) is 0 Å². The molecule has 0 spiro atoms. The van der Waals surface area contributed by atoms with E-state index < -0.39 is 44.2 Å². The van der Waals surface area contributed by atoms with Crippen molar-refractivity contribution in [3.05, 3.63) is 54.5 Å². The van der Waals surface area contributed by atoms with Gasteiger partial charge in [-0.2, -0.15) is 15.4 Å². The molecule has 2 heterocycles. The lowest BCUT2D eigenvalue weighted by Crippen LogP contribution is -2.50. The number of nitrogens with two attached hydrogens (primary N) is 2. The highest BCUT2D eigenvalue weighted by Gasteiger charge is 2.47. The lowest BCUT2D eigenvalue weighted by Gasteiger charge is -2.34. The van der Waals surface area contributed by atoms with Crippen molar-refractivity contribution in [3.63, 3.8) is 0 Å². The number of esters is 1. The quantitative estimate of drug-likeness (QED) is 0.0666. The predicted octanol–water partition coefficient (Wildman–Crippen LogP) is 2.88. The summed E-state index contributed by atoms with van der Waals surface area (Å²) in [5, 5.41) is 39.4. The summed E-state index contributed by atoms with van der Waals surface area (Å²) in [6.07, 6.45) is 0.404. The molecule has 16 heteroatoms. The monoisotopic (exact) mass is 661 g/mol. The molecule has 0 fully saturated rings. The van der Waals surface area contributed by atoms with Gasteiger partial charge in [-0.05, 0) is 49.6 Å². The molecule has 0 aliphatic heterocycles. The average Bonchev–Trinajstić information content (AvgIpc) is 3.51. The number of anilines is 1. The smallest absolute Gasteiger partial charge is 0.459 e. The number of ether oxygens (including phenoxy) is 2. The minimum atomic E-state index is -4.51. The SMILES string of the molecule is CCC(CC)COC(=O)[C@H](CCCCN)NP(=O)(OCC(C#N)(OC)[C@@H](O)[C@@H](O)c1ccc2c(N)ncnn12)Oc1ccccc1. The van der Waals surface area contributed by atoms with E-state index in [0.717, 1.165) is 20.0 Å². The first-order chi connectivity index (χ1) is 22.1. The second-order valence-electron chi connectivity index (χ2n) is 10.7. The number of nitrogen functional groups attached to an aromatic ring is 1. The van der Waals surface area contributed by atoms with Gasteiger partial charge in [0, 0.05) is 7.11 Å². The van der Waals surface area contributed by atoms with Gasteiger partial charge in [-0.25, -0.2) is 14.1 Å². The van der Waals surface area contributed by atoms with Crippen LogP contribution < -0.4 is 21.1 Å². The number of unbranched alkanes of at least 4 members (excludes halogenated alkanes) is 1. The number of aliphatic hydroxyl groups excluding tert-OH is 2. The Bertz CT molecular complexity index is 1480. The van der Waals surface area contributed by atoms with E-state index in [9.17, 15) is 24.8 Å². The molecule has 0 aliphatic carbocycles. The number of benzene rings is 1. The molecule has 15 nitrogen and oxygen atoms in total. The molecule has 0 saturated carbocycles. The molecule has 0 amide bonds. The van der Waals surface area contributed by atoms with Crippen molar-refractivity contribution in [2.75, 3.05) is 32.6 Å². The van der Waals surface area contributed by atoms with E-state index in [0.29, 0.717) is 24.9 Å². The molecule has 5 atom stereocenters. The first kappa shape index (κ1) is 36.9. The van der Waals surface area contributed by atoms with E-state index in [4.69, 9.17) is 30.0 Å². The van der Waals surface area contributed by atoms with E-state index in [-0.39, 0.29) is 36.2 Å². The number of para-hydroxylation sites is 1. The fourth-order valence-corrected chi connectivity index (χ4v) is 6.21. The van der Waals surface area contributed by atoms with Crippen LogP contribution in [0.1, 0.15) is 57.7 Å². The number of fused-ring (bicyclic) bond motifs is 1. The van der Waals surface area contributed by atoms with Gasteiger partial charge in [-0.1, -0.05) is 51.3 Å². The fraction of sp³-hybridized carbons (Fsp3) is 0.533. The van der Waals surface area contributed by atoms with Gasteiger partial charge in [0.25, 0.3) is 0 Å². The number of hydrogen-bond acceptors (Lipinski definition) is 13. The van der Waals surface area contributed by atoms with Crippen LogP contribution in [0, 0.1) is 17.2 Å². The van der Waals surface area contributed by atoms with Crippen LogP contribution in [0.15, 0.2) is 48.8 Å². The molecule has 3 rings (SSSR count). The number of nitriles is 1. The van der Waals surface area contributed by atoms with Crippen molar-refractivity contribution < 1.29 is 38.1 Å². The Morgan fingerprint density at radius 1 is 1.17 bits per heavy atom. The maximum Gasteiger partial charge on any atom is 0.459 e. The first-order valence-corrected chi connectivity index (χ1v) is 16.7. The average molecular weight is 662 g/mol. The van der Waals surface area contributed by atoms with Gasteiger partial charge < -0.3 is 35.7 Å². The molecule has 0 radical (unpaired) electrons. The highest BCUT2D eigenvalue weighted by molar-refractivity contribution is 7.52. The highest BCUT2D eigenvalue weighted by Crippen LogP contribution is 2.47. The van der Waals surface area contributed by atoms with Gasteiger partial charge in [0.1, 0.15) is 48.5 Å². The Morgan fingerprint density at radius 3 is 2.52 bits per heavy atom. The minimum Gasteiger partial charge on any atom is -0.464 e. The molecule has 7 N–H and O–H groups in total. The Balaban J connectivity index is 1.91. The number of carbonyl (C=O) groups excluding carboxylic acids is 1. The van der Waals surface area contributed by atoms with Crippen LogP contribution in [0.3, 0.4) is 0 Å². The van der Waals surface area contributed by atoms with E-state index in [1.807, 2.05) is 19.9 Å². The molecule has 0 bridgehead atoms. The Kier molecular flexibility index (Phi) is 13.9. The number of carbonyl (C=O) groups is 1. The number of nitrogens with one attached hydrogen (secondary N) is 1. The van der Waals surface area contributed by atoms with Gasteiger partial charge in [0.05, 0.1) is 12.3 Å². The fourth-order valence-electron chi connectivity index (χ4n) is 4.66. The molecule has 1 aromatic carbocycles. The Hall–Kier alpha value is -3.61. The third-order valence-electron chi connectivity index (χ3n) is 7.72. The second-order valence-corrected chi connectivity index (χ2v) is 12.4. The molecular formula is C30H44N7O8P. The van der Waals surface area contributed by atoms with Crippen molar-refractivity contribution in [1.29, 1.82) is 5.26 Å². The topological polar surface area (TPSA) is 230 Å². The summed E-state index contributed by atoms with van der Waals surface area (Å²) in [6, 6.07) is 11.8. The normalized spacial score (nSPS) is 16.2. The Morgan fingerprint density at radius 2 is 1.89 bits per heavy atom. The molecule has 2 aromatic heterocycles. The predicted molar refractivity (Wildman–Crippen MR) is 169 cm³/mol. The largest absolute Gasteiger partial charge is 0.464 e. The molecule has 0 saturated heterocycles. The molecular weight excluding hydrogens is 617 g/mol. The zero-order valence-electron chi connectivity index (χ0n) is 26.3. The summed E-state index contributed by atoms with van der Waals surface area (Å²) in [4.78, 5) is 17.2. The van der Waals surface area contributed by atoms with Gasteiger partial charge in [-0.3, -0.25) is 9.32 Å². The number of aromatic nitrogens is 3. The van der Waals surface area contributed by atoms with Gasteiger partial charge in [0.2, 0.25) is 5.60 Å². The van der Waals surface area contributed by atoms with E-state index in [1.165, 1.54) is 35.1 Å². The number of rotatable bonds is 20. The number of hydrogen-bond donors (Lipinski definition) is 5. The van der Waals surface area contributed by atoms with Crippen molar-refractivity contribution in [1.82, 2.24) is 19.7 Å². The summed E-state index contributed by atoms with van der Waals surface area (Å²) in [7, 11) is -3.38. The van der Waals surface area contributed by atoms with Gasteiger partial charge in [-0.15, -0.1) is 0 Å². The molecule has 0 aliphatic rings. The van der Waals surface area contributed by atoms with Gasteiger partial charge in [0.15, 0.2) is 5.82 Å². The molecule has 3 aromatic rings. The zero-order chi connectivity index (χ0) is 33.7. The number of methoxy groups -OCH3 is 1. The van der Waals surface area contributed by atoms with E-state index in [1.54, 1.807) is 18.2 Å². The van der Waals surface area contributed by atoms with Crippen LogP contribution in [-0.2, 0) is 23.4 Å². The number of aliphatic hydroxyl groups is 2. The minimum absolute atomic E-state index is 0.0790. The summed E-state index contributed by atoms with van der Waals surface area (Å²) >= 11 is 0. The summed E-state index contributed by atoms with van der Waals surface area (Å²) < 4.78 is 38.1.